The normalized spacial score (nSPS) is 42.1. The minimum absolute atomic E-state index is 0.0219. The molecule has 0 aromatic heterocycles. The summed E-state index contributed by atoms with van der Waals surface area (Å²) in [6.45, 7) is 22.3. The van der Waals surface area contributed by atoms with Gasteiger partial charge in [0.15, 0.2) is 0 Å². The van der Waals surface area contributed by atoms with Gasteiger partial charge in [0.05, 0.1) is 116 Å². The molecule has 8 N–H and O–H groups in total. The van der Waals surface area contributed by atoms with Crippen molar-refractivity contribution >= 4 is 18.2 Å². The number of esters is 2. The second-order valence-corrected chi connectivity index (χ2v) is 30.4. The number of carbonyl (C=O) groups is 3. The van der Waals surface area contributed by atoms with Crippen LogP contribution in [0.15, 0.2) is 71.9 Å². The molecular weight excluding hydrogens is 1260 g/mol. The van der Waals surface area contributed by atoms with Crippen LogP contribution in [0.1, 0.15) is 199 Å². The highest BCUT2D eigenvalue weighted by atomic mass is 16.6. The van der Waals surface area contributed by atoms with Crippen molar-refractivity contribution in [2.45, 2.75) is 327 Å². The molecule has 5 rings (SSSR count). The first kappa shape index (κ1) is 85.1. The Bertz CT molecular complexity index is 2520. The lowest BCUT2D eigenvalue weighted by Crippen LogP contribution is -2.45. The molecule has 0 aliphatic carbocycles. The third kappa shape index (κ3) is 27.9. The molecule has 0 aromatic carbocycles. The summed E-state index contributed by atoms with van der Waals surface area (Å²) >= 11 is 0. The highest BCUT2D eigenvalue weighted by Gasteiger charge is 2.42. The van der Waals surface area contributed by atoms with E-state index in [4.69, 9.17) is 42.6 Å². The zero-order valence-corrected chi connectivity index (χ0v) is 61.9. The molecule has 98 heavy (non-hydrogen) atoms. The van der Waals surface area contributed by atoms with Crippen LogP contribution in [0.4, 0.5) is 0 Å². The Morgan fingerprint density at radius 3 is 1.46 bits per heavy atom. The number of ether oxygens (including phenoxy) is 9. The van der Waals surface area contributed by atoms with Gasteiger partial charge in [-0.05, 0) is 142 Å². The minimum Gasteiger partial charge on any atom is -0.459 e. The van der Waals surface area contributed by atoms with Crippen LogP contribution in [0.2, 0.25) is 0 Å². The van der Waals surface area contributed by atoms with E-state index in [2.05, 4.69) is 0 Å². The maximum atomic E-state index is 13.9. The Labute approximate surface area is 587 Å². The monoisotopic (exact) mass is 1390 g/mol. The van der Waals surface area contributed by atoms with Gasteiger partial charge >= 0.3 is 11.9 Å². The first-order valence-electron chi connectivity index (χ1n) is 37.0. The maximum absolute atomic E-state index is 13.9. The average molecular weight is 1390 g/mol. The van der Waals surface area contributed by atoms with Crippen molar-refractivity contribution in [3.8, 4) is 0 Å². The van der Waals surface area contributed by atoms with Crippen molar-refractivity contribution in [2.75, 3.05) is 21.3 Å². The van der Waals surface area contributed by atoms with Crippen molar-refractivity contribution < 1.29 is 97.9 Å². The van der Waals surface area contributed by atoms with E-state index in [0.717, 1.165) is 32.0 Å². The SMILES string of the molecule is CO[C@H]1CC(CC[C@H](C)[C@@H]2OC(=O)/C=C/C(C)=C/CC(O)C[C@@H]3C=CCC(C[C@H](C=O)[C@@H](C)[C@@H](O)C[C@@H](O)[C@H](C)[C@@H]([C@@H](C)[C@@H](O)[C@@H](C)CC[C@H]4C[C@H](OC)C[C@H](C)O4)OC(=O)/C=C/C(C)=C/C[C@H](O)C[C@@H]4C=CCC(C[C@H](OC)[C@@H](C)[C@@H](O)C[C@@H](O)[C@H](C)[C@H](O)[C@H]2C)O4)O3)O[C@@H](C)C1. The highest BCUT2D eigenvalue weighted by molar-refractivity contribution is 5.83. The van der Waals surface area contributed by atoms with Crippen LogP contribution in [0.5, 0.6) is 0 Å². The molecule has 0 aromatic rings. The minimum atomic E-state index is -1.23. The lowest BCUT2D eigenvalue weighted by molar-refractivity contribution is -0.158. The predicted molar refractivity (Wildman–Crippen MR) is 376 cm³/mol. The molecule has 2 fully saturated rings. The van der Waals surface area contributed by atoms with Crippen molar-refractivity contribution in [1.29, 1.82) is 0 Å². The van der Waals surface area contributed by atoms with E-state index in [1.54, 1.807) is 68.1 Å². The Hall–Kier alpha value is -3.55. The van der Waals surface area contributed by atoms with Gasteiger partial charge in [-0.25, -0.2) is 9.59 Å². The molecule has 4 bridgehead atoms. The Balaban J connectivity index is 1.37. The number of methoxy groups -OCH3 is 3. The molecule has 0 amide bonds. The zero-order valence-electron chi connectivity index (χ0n) is 61.9. The number of aldehydes is 1. The van der Waals surface area contributed by atoms with Crippen LogP contribution in [0.25, 0.3) is 0 Å². The van der Waals surface area contributed by atoms with Crippen LogP contribution in [0.3, 0.4) is 0 Å². The second kappa shape index (κ2) is 42.9. The summed E-state index contributed by atoms with van der Waals surface area (Å²) in [5.41, 5.74) is 1.37. The molecular formula is C78H130O20. The Morgan fingerprint density at radius 2 is 0.969 bits per heavy atom. The van der Waals surface area contributed by atoms with Gasteiger partial charge in [0.2, 0.25) is 0 Å². The summed E-state index contributed by atoms with van der Waals surface area (Å²) in [5, 5.41) is 93.9. The number of aliphatic hydroxyl groups excluding tert-OH is 8. The van der Waals surface area contributed by atoms with Crippen molar-refractivity contribution in [1.82, 2.24) is 0 Å². The molecule has 0 spiro atoms. The van der Waals surface area contributed by atoms with E-state index in [1.165, 1.54) is 12.2 Å². The first-order chi connectivity index (χ1) is 46.4. The first-order valence-corrected chi connectivity index (χ1v) is 37.0. The average Bonchev–Trinajstić information content (AvgIpc) is 0.851. The van der Waals surface area contributed by atoms with E-state index < -0.39 is 139 Å². The van der Waals surface area contributed by atoms with Gasteiger partial charge in [0.25, 0.3) is 0 Å². The largest absolute Gasteiger partial charge is 0.459 e. The van der Waals surface area contributed by atoms with E-state index >= 15 is 0 Å². The molecule has 30 atom stereocenters. The smallest absolute Gasteiger partial charge is 0.331 e. The number of cyclic esters (lactones) is 2. The molecule has 4 unspecified atom stereocenters. The summed E-state index contributed by atoms with van der Waals surface area (Å²) < 4.78 is 55.3. The van der Waals surface area contributed by atoms with Crippen LogP contribution < -0.4 is 0 Å². The quantitative estimate of drug-likeness (QED) is 0.0456. The Morgan fingerprint density at radius 1 is 0.510 bits per heavy atom. The highest BCUT2D eigenvalue weighted by Crippen LogP contribution is 2.37. The van der Waals surface area contributed by atoms with Crippen LogP contribution in [0, 0.1) is 53.3 Å². The molecule has 2 saturated heterocycles. The predicted octanol–water partition coefficient (Wildman–Crippen LogP) is 9.91. The molecule has 5 aliphatic heterocycles. The molecule has 20 heteroatoms. The summed E-state index contributed by atoms with van der Waals surface area (Å²) in [5.74, 6) is -6.40. The molecule has 20 nitrogen and oxygen atoms in total. The summed E-state index contributed by atoms with van der Waals surface area (Å²) in [6.07, 6.45) is 14.2. The zero-order chi connectivity index (χ0) is 72.5. The lowest BCUT2D eigenvalue weighted by Gasteiger charge is -2.38. The summed E-state index contributed by atoms with van der Waals surface area (Å²) in [7, 11) is 4.99. The lowest BCUT2D eigenvalue weighted by atomic mass is 9.78. The third-order valence-corrected chi connectivity index (χ3v) is 22.3. The van der Waals surface area contributed by atoms with Crippen molar-refractivity contribution in [2.24, 2.45) is 53.3 Å². The second-order valence-electron chi connectivity index (χ2n) is 30.4. The fourth-order valence-corrected chi connectivity index (χ4v) is 15.3. The molecule has 5 aliphatic rings. The van der Waals surface area contributed by atoms with E-state index in [1.807, 2.05) is 84.9 Å². The number of carbonyl (C=O) groups excluding carboxylic acids is 3. The molecule has 5 heterocycles. The van der Waals surface area contributed by atoms with Gasteiger partial charge in [-0.1, -0.05) is 115 Å². The standard InChI is InChI=1S/C78H130O20/c1-45-22-28-58(80)37-61-19-16-18-60(95-61)36-57(44-79)51(7)68(82)42-71(85)54(10)78(55(11)75(88)47(3)26-30-64-39-66(90-13)34-49(5)93-64)98-74(87)33-25-46(2)23-29-59(81)38-62-20-17-21-63(96-62)41-72(92-15)52(8)69(83)43-70(84)53(9)76(89)56(12)77(97-73(86)32-24-45)48(4)27-31-65-40-67(91-14)35-50(6)94-65/h16-17,19-20,22-25,32-33,44,47-72,75-78,80-85,88-89H,18,21,26-31,34-43H2,1-15H3/b32-24+,33-25+,45-22+,46-23+/t47-,48-,49-,50-,51+,52-,53-,54-,55-,56+,57+,58?,59-,60?,61-,62-,63?,64-,65?,66+,67+,68-,69-,70+,71+,72-,75-,76-,77-,78-/m0/s1. The molecule has 562 valence electrons. The fourth-order valence-electron chi connectivity index (χ4n) is 15.3. The Kier molecular flexibility index (Phi) is 37.3. The number of hydrogen-bond donors (Lipinski definition) is 8. The van der Waals surface area contributed by atoms with Gasteiger partial charge in [-0.2, -0.15) is 0 Å². The number of rotatable bonds is 14. The topological polar surface area (TPSA) is 296 Å². The number of aliphatic hydroxyl groups is 8. The number of allylic oxidation sites excluding steroid dienone is 4. The van der Waals surface area contributed by atoms with E-state index in [9.17, 15) is 55.2 Å². The van der Waals surface area contributed by atoms with Gasteiger partial charge in [-0.15, -0.1) is 0 Å². The maximum Gasteiger partial charge on any atom is 0.331 e. The van der Waals surface area contributed by atoms with Gasteiger partial charge in [0.1, 0.15) is 18.5 Å². The van der Waals surface area contributed by atoms with Crippen LogP contribution in [-0.4, -0.2) is 209 Å². The van der Waals surface area contributed by atoms with Gasteiger partial charge < -0.3 is 88.3 Å². The third-order valence-electron chi connectivity index (χ3n) is 22.3. The van der Waals surface area contributed by atoms with Gasteiger partial charge in [0, 0.05) is 88.3 Å². The van der Waals surface area contributed by atoms with Crippen LogP contribution in [-0.2, 0) is 57.0 Å². The van der Waals surface area contributed by atoms with E-state index in [0.29, 0.717) is 56.1 Å². The number of hydrogen-bond acceptors (Lipinski definition) is 20. The van der Waals surface area contributed by atoms with Crippen LogP contribution >= 0.6 is 0 Å². The fraction of sp³-hybridized carbons (Fsp3) is 0.808. The summed E-state index contributed by atoms with van der Waals surface area (Å²) in [6, 6.07) is 0. The van der Waals surface area contributed by atoms with E-state index in [-0.39, 0.29) is 99.5 Å². The summed E-state index contributed by atoms with van der Waals surface area (Å²) in [4.78, 5) is 40.6. The van der Waals surface area contributed by atoms with Crippen molar-refractivity contribution in [3.05, 3.63) is 71.9 Å². The molecule has 0 saturated carbocycles. The van der Waals surface area contributed by atoms with Gasteiger partial charge in [-0.3, -0.25) is 0 Å². The van der Waals surface area contributed by atoms with Crippen molar-refractivity contribution in [3.63, 3.8) is 0 Å². The number of fused-ring (bicyclic) bond motifs is 4. The molecule has 0 radical (unpaired) electrons.